The van der Waals surface area contributed by atoms with Crippen molar-refractivity contribution in [1.29, 1.82) is 0 Å². The van der Waals surface area contributed by atoms with Gasteiger partial charge in [0.25, 0.3) is 0 Å². The molecule has 1 fully saturated rings. The van der Waals surface area contributed by atoms with Crippen LogP contribution in [0.3, 0.4) is 0 Å². The Bertz CT molecular complexity index is 320. The van der Waals surface area contributed by atoms with Crippen molar-refractivity contribution in [1.82, 2.24) is 9.13 Å². The average Bonchev–Trinajstić information content (AvgIpc) is 2.52. The van der Waals surface area contributed by atoms with Crippen molar-refractivity contribution in [2.24, 2.45) is 19.8 Å². The van der Waals surface area contributed by atoms with Gasteiger partial charge in [-0.15, -0.1) is 48.0 Å². The van der Waals surface area contributed by atoms with E-state index in [-0.39, 0.29) is 48.0 Å². The summed E-state index contributed by atoms with van der Waals surface area (Å²) < 4.78 is 5.38. The van der Waals surface area contributed by atoms with Gasteiger partial charge in [0.05, 0.1) is 0 Å². The molecule has 1 saturated carbocycles. The molecular weight excluding hydrogens is 623 g/mol. The molecule has 1 heterocycles. The van der Waals surface area contributed by atoms with E-state index < -0.39 is 0 Å². The second-order valence-electron chi connectivity index (χ2n) is 4.16. The van der Waals surface area contributed by atoms with E-state index in [9.17, 15) is 0 Å². The molecule has 1 aliphatic carbocycles. The van der Waals surface area contributed by atoms with E-state index in [0.29, 0.717) is 6.04 Å². The molecule has 0 aliphatic heterocycles. The van der Waals surface area contributed by atoms with Gasteiger partial charge in [0.15, 0.2) is 0 Å². The molecule has 0 saturated heterocycles. The molecule has 0 amide bonds. The summed E-state index contributed by atoms with van der Waals surface area (Å²) in [6.45, 7) is 0. The summed E-state index contributed by atoms with van der Waals surface area (Å²) in [5.41, 5.74) is 5.63. The first-order valence-corrected chi connectivity index (χ1v) is 6.64. The minimum atomic E-state index is 0. The van der Waals surface area contributed by atoms with Crippen LogP contribution in [0, 0.1) is 3.80 Å². The zero-order valence-corrected chi connectivity index (χ0v) is 17.3. The number of nitrogens with two attached hydrogens (primary N) is 1. The number of imidazole rings is 1. The topological polar surface area (TPSA) is 35.9 Å². The van der Waals surface area contributed by atoms with Crippen LogP contribution in [0.15, 0.2) is 12.4 Å². The number of hydrogen-bond donors (Lipinski definition) is 1. The van der Waals surface area contributed by atoms with Crippen molar-refractivity contribution in [2.75, 3.05) is 0 Å². The number of aryl methyl sites for hydroxylation is 2. The van der Waals surface area contributed by atoms with E-state index in [1.807, 2.05) is 26.5 Å². The third kappa shape index (κ3) is 8.16. The van der Waals surface area contributed by atoms with Crippen molar-refractivity contribution in [2.45, 2.75) is 38.1 Å². The molecule has 6 heteroatoms. The van der Waals surface area contributed by atoms with Crippen LogP contribution in [-0.4, -0.2) is 15.2 Å². The van der Waals surface area contributed by atoms with Crippen LogP contribution >= 0.6 is 48.0 Å². The summed E-state index contributed by atoms with van der Waals surface area (Å²) in [5.74, 6) is 0. The van der Waals surface area contributed by atoms with Gasteiger partial charge in [0.2, 0.25) is 0 Å². The van der Waals surface area contributed by atoms with Crippen LogP contribution < -0.4 is 5.73 Å². The Hall–Kier alpha value is 1.32. The van der Waals surface area contributed by atoms with Gasteiger partial charge in [0.1, 0.15) is 0 Å². The van der Waals surface area contributed by atoms with Crippen molar-refractivity contribution in [3.05, 3.63) is 16.2 Å². The van der Waals surface area contributed by atoms with Gasteiger partial charge >= 0.3 is 58.8 Å². The molecule has 0 aromatic carbocycles. The van der Waals surface area contributed by atoms with Gasteiger partial charge in [-0.3, -0.25) is 0 Å². The van der Waals surface area contributed by atoms with Crippen molar-refractivity contribution in [3.63, 3.8) is 0 Å². The van der Waals surface area contributed by atoms with Crippen LogP contribution in [0.4, 0.5) is 0 Å². The summed E-state index contributed by atoms with van der Waals surface area (Å²) in [6.07, 6.45) is 10.7. The van der Waals surface area contributed by atoms with E-state index in [1.165, 1.54) is 35.9 Å². The van der Waals surface area contributed by atoms with E-state index in [4.69, 9.17) is 5.73 Å². The molecule has 1 aromatic heterocycles. The van der Waals surface area contributed by atoms with Crippen LogP contribution in [-0.2, 0) is 33.4 Å². The summed E-state index contributed by atoms with van der Waals surface area (Å²) in [4.78, 5) is 0. The van der Waals surface area contributed by atoms with Crippen molar-refractivity contribution in [3.8, 4) is 0 Å². The van der Waals surface area contributed by atoms with E-state index in [0.717, 1.165) is 0 Å². The molecule has 1 aliphatic rings. The first kappa shape index (κ1) is 20.6. The van der Waals surface area contributed by atoms with Gasteiger partial charge < -0.3 is 5.73 Å². The summed E-state index contributed by atoms with van der Waals surface area (Å²) >= 11 is 2.27. The predicted octanol–water partition coefficient (Wildman–Crippen LogP) is 2.96. The fourth-order valence-electron chi connectivity index (χ4n) is 1.70. The standard InChI is InChI=1S/C6H13N.C5H8N2.2HI.Pt/c7-6-4-2-1-3-5-6;1-6-3-4-7(2)5-6;;;/h6H,1-5,7H2;3-4H,1-2H3;2*1H;. The summed E-state index contributed by atoms with van der Waals surface area (Å²) in [7, 11) is 4.06. The molecule has 0 spiro atoms. The Morgan fingerprint density at radius 2 is 1.47 bits per heavy atom. The van der Waals surface area contributed by atoms with Gasteiger partial charge in [-0.05, 0) is 12.8 Å². The van der Waals surface area contributed by atoms with Crippen LogP contribution in [0.5, 0.6) is 0 Å². The molecule has 17 heavy (non-hydrogen) atoms. The predicted molar refractivity (Wildman–Crippen MR) is 89.5 cm³/mol. The third-order valence-electron chi connectivity index (χ3n) is 2.70. The summed E-state index contributed by atoms with van der Waals surface area (Å²) in [5, 5.41) is 0. The van der Waals surface area contributed by atoms with Gasteiger partial charge in [-0.25, -0.2) is 0 Å². The fourth-order valence-corrected chi connectivity index (χ4v) is 2.04. The van der Waals surface area contributed by atoms with E-state index in [2.05, 4.69) is 28.5 Å². The van der Waals surface area contributed by atoms with E-state index >= 15 is 0 Å². The molecule has 1 aromatic rings. The number of aromatic nitrogens is 2. The van der Waals surface area contributed by atoms with Crippen LogP contribution in [0.2, 0.25) is 0 Å². The first-order valence-electron chi connectivity index (χ1n) is 5.50. The zero-order valence-electron chi connectivity index (χ0n) is 10.4. The second kappa shape index (κ2) is 11.2. The minimum absolute atomic E-state index is 0. The maximum absolute atomic E-state index is 5.63. The van der Waals surface area contributed by atoms with E-state index in [1.54, 1.807) is 0 Å². The minimum Gasteiger partial charge on any atom is -0.328 e. The Labute approximate surface area is 149 Å². The SMILES string of the molecule is Cn1ccn(C)[c]1=[Pt].I.I.NC1CCCCC1. The van der Waals surface area contributed by atoms with Gasteiger partial charge in [-0.2, -0.15) is 0 Å². The van der Waals surface area contributed by atoms with Gasteiger partial charge in [-0.1, -0.05) is 19.3 Å². The zero-order chi connectivity index (χ0) is 11.3. The number of hydrogen-bond acceptors (Lipinski definition) is 1. The monoisotopic (exact) mass is 646 g/mol. The second-order valence-corrected chi connectivity index (χ2v) is 5.18. The Morgan fingerprint density at radius 3 is 1.65 bits per heavy atom. The quantitative estimate of drug-likeness (QED) is 0.433. The first-order chi connectivity index (χ1) is 7.11. The summed E-state index contributed by atoms with van der Waals surface area (Å²) in [6, 6.07) is 0.536. The molecule has 0 unspecified atom stereocenters. The Kier molecular flexibility index (Phi) is 13.6. The molecule has 106 valence electrons. The van der Waals surface area contributed by atoms with Crippen LogP contribution in [0.1, 0.15) is 32.1 Å². The number of nitrogens with zero attached hydrogens (tertiary/aromatic N) is 2. The molecule has 0 radical (unpaired) electrons. The molecule has 0 atom stereocenters. The third-order valence-corrected chi connectivity index (χ3v) is 4.31. The smallest absolute Gasteiger partial charge is 0.00388 e. The molecule has 0 bridgehead atoms. The normalized spacial score (nSPS) is 15.1. The number of rotatable bonds is 0. The molecule has 3 nitrogen and oxygen atoms in total. The molecule has 2 N–H and O–H groups in total. The number of halogens is 2. The largest absolute Gasteiger partial charge is 0.328 e. The van der Waals surface area contributed by atoms with Crippen LogP contribution in [0.25, 0.3) is 0 Å². The Morgan fingerprint density at radius 1 is 1.06 bits per heavy atom. The molecule has 2 rings (SSSR count). The van der Waals surface area contributed by atoms with Crippen molar-refractivity contribution < 1.29 is 19.4 Å². The maximum atomic E-state index is 5.63. The average molecular weight is 646 g/mol. The Balaban J connectivity index is 0. The van der Waals surface area contributed by atoms with Gasteiger partial charge in [0, 0.05) is 6.04 Å². The van der Waals surface area contributed by atoms with Crippen molar-refractivity contribution >= 4 is 48.0 Å². The fraction of sp³-hybridized carbons (Fsp3) is 0.727. The maximum Gasteiger partial charge on any atom is 0.00388 e. The molecular formula is C11H23I2N3Pt.